The molecule has 2 rings (SSSR count). The van der Waals surface area contributed by atoms with E-state index in [2.05, 4.69) is 34.5 Å². The van der Waals surface area contributed by atoms with Gasteiger partial charge in [0.2, 0.25) is 5.16 Å². The number of tetrazole rings is 1. The fraction of sp³-hybridized carbons (Fsp3) is 0.667. The first kappa shape index (κ1) is 15.9. The van der Waals surface area contributed by atoms with Crippen LogP contribution in [0.2, 0.25) is 0 Å². The van der Waals surface area contributed by atoms with Crippen LogP contribution in [-0.2, 0) is 21.8 Å². The van der Waals surface area contributed by atoms with Crippen LogP contribution in [0.25, 0.3) is 0 Å². The Balaban J connectivity index is 1.95. The van der Waals surface area contributed by atoms with Crippen LogP contribution in [0.3, 0.4) is 0 Å². The molecular weight excluding hydrogens is 292 g/mol. The van der Waals surface area contributed by atoms with Gasteiger partial charge in [0.05, 0.1) is 12.2 Å². The van der Waals surface area contributed by atoms with Gasteiger partial charge >= 0.3 is 0 Å². The van der Waals surface area contributed by atoms with Crippen molar-refractivity contribution < 1.29 is 9.47 Å². The monoisotopic (exact) mass is 312 g/mol. The van der Waals surface area contributed by atoms with Gasteiger partial charge in [0, 0.05) is 32.2 Å². The summed E-state index contributed by atoms with van der Waals surface area (Å²) in [6.07, 6.45) is 1.61. The maximum Gasteiger partial charge on any atom is 0.209 e. The molecule has 0 aromatic carbocycles. The average molecular weight is 312 g/mol. The normalized spacial score (nSPS) is 11.7. The molecule has 0 amide bonds. The van der Waals surface area contributed by atoms with Gasteiger partial charge in [-0.1, -0.05) is 11.8 Å². The lowest BCUT2D eigenvalue weighted by molar-refractivity contribution is -0.113. The van der Waals surface area contributed by atoms with Crippen LogP contribution in [-0.4, -0.2) is 50.5 Å². The lowest BCUT2D eigenvalue weighted by atomic mass is 10.4. The Morgan fingerprint density at radius 3 is 2.67 bits per heavy atom. The molecule has 0 atom stereocenters. The number of aromatic nitrogens is 6. The van der Waals surface area contributed by atoms with Crippen molar-refractivity contribution >= 4 is 11.8 Å². The van der Waals surface area contributed by atoms with E-state index >= 15 is 0 Å². The summed E-state index contributed by atoms with van der Waals surface area (Å²) in [5.41, 5.74) is 0.998. The van der Waals surface area contributed by atoms with E-state index in [1.54, 1.807) is 18.9 Å². The van der Waals surface area contributed by atoms with Crippen molar-refractivity contribution in [3.05, 3.63) is 18.0 Å². The predicted molar refractivity (Wildman–Crippen MR) is 77.8 cm³/mol. The molecule has 0 spiro atoms. The van der Waals surface area contributed by atoms with Gasteiger partial charge in [-0.05, 0) is 30.3 Å². The number of rotatable bonds is 8. The van der Waals surface area contributed by atoms with Crippen LogP contribution >= 0.6 is 11.8 Å². The van der Waals surface area contributed by atoms with E-state index in [-0.39, 0.29) is 6.29 Å². The molecule has 0 radical (unpaired) electrons. The van der Waals surface area contributed by atoms with E-state index in [1.165, 1.54) is 11.8 Å². The van der Waals surface area contributed by atoms with Crippen LogP contribution in [0.1, 0.15) is 25.6 Å². The van der Waals surface area contributed by atoms with E-state index < -0.39 is 0 Å². The van der Waals surface area contributed by atoms with E-state index in [0.717, 1.165) is 5.69 Å². The highest BCUT2D eigenvalue weighted by Gasteiger charge is 2.13. The molecular formula is C12H20N6O2S. The number of methoxy groups -OCH3 is 2. The van der Waals surface area contributed by atoms with E-state index in [9.17, 15) is 0 Å². The fourth-order valence-electron chi connectivity index (χ4n) is 1.68. The van der Waals surface area contributed by atoms with Crippen LogP contribution in [0.5, 0.6) is 0 Å². The molecule has 21 heavy (non-hydrogen) atoms. The minimum atomic E-state index is -0.368. The van der Waals surface area contributed by atoms with E-state index in [0.29, 0.717) is 23.5 Å². The van der Waals surface area contributed by atoms with E-state index in [1.807, 2.05) is 16.9 Å². The van der Waals surface area contributed by atoms with Gasteiger partial charge in [0.25, 0.3) is 0 Å². The zero-order chi connectivity index (χ0) is 15.2. The van der Waals surface area contributed by atoms with Gasteiger partial charge in [-0.25, -0.2) is 4.68 Å². The van der Waals surface area contributed by atoms with Gasteiger partial charge in [-0.2, -0.15) is 5.10 Å². The molecule has 0 saturated carbocycles. The maximum atomic E-state index is 5.16. The summed E-state index contributed by atoms with van der Waals surface area (Å²) in [7, 11) is 3.17. The SMILES string of the molecule is COC(Cn1nnnc1SCc1ccn(C(C)C)n1)OC. The minimum Gasteiger partial charge on any atom is -0.354 e. The highest BCUT2D eigenvalue weighted by atomic mass is 32.2. The smallest absolute Gasteiger partial charge is 0.209 e. The Morgan fingerprint density at radius 2 is 2.05 bits per heavy atom. The Bertz CT molecular complexity index is 551. The lowest BCUT2D eigenvalue weighted by Crippen LogP contribution is -2.21. The first-order valence-electron chi connectivity index (χ1n) is 6.62. The third-order valence-electron chi connectivity index (χ3n) is 2.89. The zero-order valence-electron chi connectivity index (χ0n) is 12.6. The summed E-state index contributed by atoms with van der Waals surface area (Å²) in [4.78, 5) is 0. The van der Waals surface area contributed by atoms with Crippen molar-refractivity contribution in [3.8, 4) is 0 Å². The van der Waals surface area contributed by atoms with Crippen LogP contribution in [0, 0.1) is 0 Å². The summed E-state index contributed by atoms with van der Waals surface area (Å²) in [6.45, 7) is 4.64. The molecule has 2 aromatic rings. The highest BCUT2D eigenvalue weighted by Crippen LogP contribution is 2.19. The van der Waals surface area contributed by atoms with Crippen LogP contribution in [0.4, 0.5) is 0 Å². The summed E-state index contributed by atoms with van der Waals surface area (Å²) in [5, 5.41) is 16.9. The van der Waals surface area contributed by atoms with Crippen molar-refractivity contribution in [2.75, 3.05) is 14.2 Å². The van der Waals surface area contributed by atoms with Crippen molar-refractivity contribution in [2.24, 2.45) is 0 Å². The summed E-state index contributed by atoms with van der Waals surface area (Å²) >= 11 is 1.53. The summed E-state index contributed by atoms with van der Waals surface area (Å²) in [6, 6.07) is 2.37. The fourth-order valence-corrected chi connectivity index (χ4v) is 2.47. The molecule has 0 unspecified atom stereocenters. The lowest BCUT2D eigenvalue weighted by Gasteiger charge is -2.13. The molecule has 0 aliphatic heterocycles. The molecule has 0 fully saturated rings. The molecule has 116 valence electrons. The molecule has 0 aliphatic rings. The maximum absolute atomic E-state index is 5.16. The van der Waals surface area contributed by atoms with Crippen LogP contribution < -0.4 is 0 Å². The third kappa shape index (κ3) is 4.26. The molecule has 9 heteroatoms. The average Bonchev–Trinajstić information content (AvgIpc) is 3.11. The van der Waals surface area contributed by atoms with E-state index in [4.69, 9.17) is 9.47 Å². The van der Waals surface area contributed by atoms with Gasteiger partial charge in [0.1, 0.15) is 0 Å². The topological polar surface area (TPSA) is 79.9 Å². The van der Waals surface area contributed by atoms with Crippen molar-refractivity contribution in [1.29, 1.82) is 0 Å². The summed E-state index contributed by atoms with van der Waals surface area (Å²) in [5.74, 6) is 0.713. The number of hydrogen-bond acceptors (Lipinski definition) is 7. The van der Waals surface area contributed by atoms with Gasteiger partial charge in [0.15, 0.2) is 6.29 Å². The van der Waals surface area contributed by atoms with Crippen molar-refractivity contribution in [2.45, 2.75) is 43.6 Å². The number of thioether (sulfide) groups is 1. The molecule has 8 nitrogen and oxygen atoms in total. The minimum absolute atomic E-state index is 0.359. The standard InChI is InChI=1S/C12H20N6O2S/c1-9(2)17-6-5-10(14-17)8-21-12-13-15-16-18(12)7-11(19-3)20-4/h5-6,9,11H,7-8H2,1-4H3. The zero-order valence-corrected chi connectivity index (χ0v) is 13.4. The molecule has 0 saturated heterocycles. The largest absolute Gasteiger partial charge is 0.354 e. The summed E-state index contributed by atoms with van der Waals surface area (Å²) < 4.78 is 13.9. The molecule has 2 aromatic heterocycles. The first-order valence-corrected chi connectivity index (χ1v) is 7.61. The predicted octanol–water partition coefficient (Wildman–Crippen LogP) is 1.36. The third-order valence-corrected chi connectivity index (χ3v) is 3.88. The molecule has 0 N–H and O–H groups in total. The Labute approximate surface area is 127 Å². The number of ether oxygens (including phenoxy) is 2. The van der Waals surface area contributed by atoms with Gasteiger partial charge < -0.3 is 9.47 Å². The number of hydrogen-bond donors (Lipinski definition) is 0. The second kappa shape index (κ2) is 7.53. The quantitative estimate of drug-likeness (QED) is 0.538. The second-order valence-electron chi connectivity index (χ2n) is 4.71. The molecule has 0 aliphatic carbocycles. The Hall–Kier alpha value is -1.45. The van der Waals surface area contributed by atoms with Crippen molar-refractivity contribution in [1.82, 2.24) is 30.0 Å². The van der Waals surface area contributed by atoms with Crippen molar-refractivity contribution in [3.63, 3.8) is 0 Å². The van der Waals surface area contributed by atoms with Crippen LogP contribution in [0.15, 0.2) is 17.4 Å². The Kier molecular flexibility index (Phi) is 5.71. The van der Waals surface area contributed by atoms with Gasteiger partial charge in [-0.3, -0.25) is 4.68 Å². The molecule has 2 heterocycles. The Morgan fingerprint density at radius 1 is 1.29 bits per heavy atom. The number of nitrogens with zero attached hydrogens (tertiary/aromatic N) is 6. The highest BCUT2D eigenvalue weighted by molar-refractivity contribution is 7.98. The first-order chi connectivity index (χ1) is 10.1. The molecule has 0 bridgehead atoms. The second-order valence-corrected chi connectivity index (χ2v) is 5.66. The van der Waals surface area contributed by atoms with Gasteiger partial charge in [-0.15, -0.1) is 5.10 Å².